The molecular formula is C19H23ClN2O4S. The zero-order valence-corrected chi connectivity index (χ0v) is 16.9. The van der Waals surface area contributed by atoms with Crippen molar-refractivity contribution in [2.24, 2.45) is 0 Å². The molecule has 0 aromatic heterocycles. The maximum atomic E-state index is 12.6. The van der Waals surface area contributed by atoms with Crippen LogP contribution in [0.15, 0.2) is 53.4 Å². The van der Waals surface area contributed by atoms with Crippen LogP contribution < -0.4 is 10.0 Å². The maximum absolute atomic E-state index is 12.6. The summed E-state index contributed by atoms with van der Waals surface area (Å²) < 4.78 is 27.4. The molecule has 0 heterocycles. The summed E-state index contributed by atoms with van der Waals surface area (Å²) >= 11 is 5.86. The van der Waals surface area contributed by atoms with Gasteiger partial charge in [-0.25, -0.2) is 8.42 Å². The standard InChI is InChI=1S/C19H23ClN2O4S/c1-12-4-10-17(11-5-12)27(25,26)22-18(14(3)23)19(24)21-13(2)15-6-8-16(20)9-7-15/h4-11,13-14,18,22-23H,1-3H3,(H,21,24). The van der Waals surface area contributed by atoms with Gasteiger partial charge in [0.1, 0.15) is 6.04 Å². The van der Waals surface area contributed by atoms with Gasteiger partial charge in [0.15, 0.2) is 0 Å². The highest BCUT2D eigenvalue weighted by molar-refractivity contribution is 7.89. The van der Waals surface area contributed by atoms with E-state index < -0.39 is 28.1 Å². The van der Waals surface area contributed by atoms with Gasteiger partial charge in [0, 0.05) is 5.02 Å². The molecule has 0 aliphatic heterocycles. The number of hydrogen-bond acceptors (Lipinski definition) is 4. The monoisotopic (exact) mass is 410 g/mol. The highest BCUT2D eigenvalue weighted by Crippen LogP contribution is 2.17. The van der Waals surface area contributed by atoms with Crippen LogP contribution in [0.3, 0.4) is 0 Å². The second kappa shape index (κ2) is 8.84. The third-order valence-electron chi connectivity index (χ3n) is 4.11. The minimum Gasteiger partial charge on any atom is -0.391 e. The third kappa shape index (κ3) is 5.77. The van der Waals surface area contributed by atoms with Gasteiger partial charge < -0.3 is 10.4 Å². The number of nitrogens with one attached hydrogen (secondary N) is 2. The Kier molecular flexibility index (Phi) is 7.00. The van der Waals surface area contributed by atoms with Crippen molar-refractivity contribution < 1.29 is 18.3 Å². The van der Waals surface area contributed by atoms with Gasteiger partial charge >= 0.3 is 0 Å². The predicted octanol–water partition coefficient (Wildman–Crippen LogP) is 2.55. The third-order valence-corrected chi connectivity index (χ3v) is 5.82. The Morgan fingerprint density at radius 3 is 2.11 bits per heavy atom. The van der Waals surface area contributed by atoms with Crippen LogP contribution in [-0.4, -0.2) is 31.6 Å². The van der Waals surface area contributed by atoms with Crippen LogP contribution >= 0.6 is 11.6 Å². The van der Waals surface area contributed by atoms with Crippen LogP contribution in [0.1, 0.15) is 31.0 Å². The van der Waals surface area contributed by atoms with Gasteiger partial charge in [-0.2, -0.15) is 4.72 Å². The van der Waals surface area contributed by atoms with Gasteiger partial charge in [0.05, 0.1) is 17.0 Å². The Morgan fingerprint density at radius 2 is 1.59 bits per heavy atom. The van der Waals surface area contributed by atoms with Gasteiger partial charge in [-0.3, -0.25) is 4.79 Å². The molecule has 0 aliphatic rings. The van der Waals surface area contributed by atoms with E-state index in [4.69, 9.17) is 11.6 Å². The molecule has 0 fully saturated rings. The van der Waals surface area contributed by atoms with Crippen molar-refractivity contribution in [3.05, 3.63) is 64.7 Å². The second-order valence-corrected chi connectivity index (χ2v) is 8.58. The first-order valence-electron chi connectivity index (χ1n) is 8.43. The summed E-state index contributed by atoms with van der Waals surface area (Å²) in [5.41, 5.74) is 1.72. The fourth-order valence-corrected chi connectivity index (χ4v) is 3.86. The SMILES string of the molecule is Cc1ccc(S(=O)(=O)NC(C(=O)NC(C)c2ccc(Cl)cc2)C(C)O)cc1. The number of amides is 1. The van der Waals surface area contributed by atoms with Crippen molar-refractivity contribution in [1.82, 2.24) is 10.0 Å². The van der Waals surface area contributed by atoms with Crippen molar-refractivity contribution in [2.45, 2.75) is 43.9 Å². The lowest BCUT2D eigenvalue weighted by molar-refractivity contribution is -0.125. The molecule has 2 aromatic rings. The average Bonchev–Trinajstić information content (AvgIpc) is 2.60. The number of sulfonamides is 1. The Labute approximate surface area is 164 Å². The number of carbonyl (C=O) groups is 1. The highest BCUT2D eigenvalue weighted by atomic mass is 35.5. The van der Waals surface area contributed by atoms with Gasteiger partial charge in [0.25, 0.3) is 0 Å². The molecule has 0 saturated carbocycles. The van der Waals surface area contributed by atoms with Gasteiger partial charge in [-0.05, 0) is 50.6 Å². The van der Waals surface area contributed by atoms with Crippen LogP contribution in [0.2, 0.25) is 5.02 Å². The van der Waals surface area contributed by atoms with Crippen LogP contribution in [-0.2, 0) is 14.8 Å². The van der Waals surface area contributed by atoms with E-state index >= 15 is 0 Å². The Bertz CT molecular complexity index is 881. The summed E-state index contributed by atoms with van der Waals surface area (Å²) in [4.78, 5) is 12.6. The molecule has 0 saturated heterocycles. The summed E-state index contributed by atoms with van der Waals surface area (Å²) in [6.07, 6.45) is -1.22. The molecule has 146 valence electrons. The van der Waals surface area contributed by atoms with E-state index in [0.29, 0.717) is 5.02 Å². The van der Waals surface area contributed by atoms with Crippen LogP contribution in [0.5, 0.6) is 0 Å². The van der Waals surface area contributed by atoms with E-state index in [1.807, 2.05) is 6.92 Å². The lowest BCUT2D eigenvalue weighted by Crippen LogP contribution is -2.52. The summed E-state index contributed by atoms with van der Waals surface area (Å²) in [6, 6.07) is 11.4. The maximum Gasteiger partial charge on any atom is 0.241 e. The Morgan fingerprint density at radius 1 is 1.04 bits per heavy atom. The molecule has 3 N–H and O–H groups in total. The Hall–Kier alpha value is -1.93. The molecule has 0 bridgehead atoms. The number of aryl methyl sites for hydroxylation is 1. The number of aliphatic hydroxyl groups excluding tert-OH is 1. The zero-order chi connectivity index (χ0) is 20.2. The lowest BCUT2D eigenvalue weighted by Gasteiger charge is -2.23. The molecule has 3 atom stereocenters. The second-order valence-electron chi connectivity index (χ2n) is 6.43. The highest BCUT2D eigenvalue weighted by Gasteiger charge is 2.30. The van der Waals surface area contributed by atoms with Crippen molar-refractivity contribution >= 4 is 27.5 Å². The summed E-state index contributed by atoms with van der Waals surface area (Å²) in [7, 11) is -3.96. The first-order chi connectivity index (χ1) is 12.6. The number of hydrogen-bond donors (Lipinski definition) is 3. The number of aliphatic hydroxyl groups is 1. The minimum absolute atomic E-state index is 0.0253. The molecule has 0 radical (unpaired) electrons. The first-order valence-corrected chi connectivity index (χ1v) is 10.3. The molecule has 8 heteroatoms. The molecular weight excluding hydrogens is 388 g/mol. The van der Waals surface area contributed by atoms with E-state index in [2.05, 4.69) is 10.0 Å². The Balaban J connectivity index is 2.14. The van der Waals surface area contributed by atoms with E-state index in [1.54, 1.807) is 43.3 Å². The van der Waals surface area contributed by atoms with Crippen LogP contribution in [0, 0.1) is 6.92 Å². The number of halogens is 1. The normalized spacial score (nSPS) is 15.0. The molecule has 27 heavy (non-hydrogen) atoms. The summed E-state index contributed by atoms with van der Waals surface area (Å²) in [5.74, 6) is -0.622. The van der Waals surface area contributed by atoms with E-state index in [9.17, 15) is 18.3 Å². The van der Waals surface area contributed by atoms with Crippen molar-refractivity contribution in [3.63, 3.8) is 0 Å². The quantitative estimate of drug-likeness (QED) is 0.653. The molecule has 0 spiro atoms. The summed E-state index contributed by atoms with van der Waals surface area (Å²) in [5, 5.41) is 13.2. The van der Waals surface area contributed by atoms with Crippen molar-refractivity contribution in [3.8, 4) is 0 Å². The molecule has 0 aliphatic carbocycles. The minimum atomic E-state index is -3.96. The van der Waals surface area contributed by atoms with Gasteiger partial charge in [-0.1, -0.05) is 41.4 Å². The van der Waals surface area contributed by atoms with Gasteiger partial charge in [-0.15, -0.1) is 0 Å². The summed E-state index contributed by atoms with van der Waals surface area (Å²) in [6.45, 7) is 4.96. The van der Waals surface area contributed by atoms with Crippen molar-refractivity contribution in [2.75, 3.05) is 0 Å². The lowest BCUT2D eigenvalue weighted by atomic mass is 10.1. The molecule has 2 rings (SSSR count). The molecule has 2 aromatic carbocycles. The van der Waals surface area contributed by atoms with Gasteiger partial charge in [0.2, 0.25) is 15.9 Å². The predicted molar refractivity (Wildman–Crippen MR) is 105 cm³/mol. The largest absolute Gasteiger partial charge is 0.391 e. The molecule has 6 nitrogen and oxygen atoms in total. The number of benzene rings is 2. The molecule has 3 unspecified atom stereocenters. The smallest absolute Gasteiger partial charge is 0.241 e. The van der Waals surface area contributed by atoms with E-state index in [1.165, 1.54) is 19.1 Å². The molecule has 1 amide bonds. The van der Waals surface area contributed by atoms with Crippen LogP contribution in [0.25, 0.3) is 0 Å². The number of carbonyl (C=O) groups excluding carboxylic acids is 1. The fourth-order valence-electron chi connectivity index (χ4n) is 2.46. The first kappa shape index (κ1) is 21.4. The average molecular weight is 411 g/mol. The van der Waals surface area contributed by atoms with Crippen molar-refractivity contribution in [1.29, 1.82) is 0 Å². The zero-order valence-electron chi connectivity index (χ0n) is 15.3. The fraction of sp³-hybridized carbons (Fsp3) is 0.316. The topological polar surface area (TPSA) is 95.5 Å². The van der Waals surface area contributed by atoms with Crippen LogP contribution in [0.4, 0.5) is 0 Å². The number of rotatable bonds is 7. The van der Waals surface area contributed by atoms with E-state index in [-0.39, 0.29) is 10.9 Å². The van der Waals surface area contributed by atoms with E-state index in [0.717, 1.165) is 11.1 Å².